The second-order valence-corrected chi connectivity index (χ2v) is 10.5. The molecular weight excluding hydrogens is 430 g/mol. The monoisotopic (exact) mass is 473 g/mol. The molecule has 0 bridgehead atoms. The predicted molar refractivity (Wildman–Crippen MR) is 135 cm³/mol. The molecule has 3 unspecified atom stereocenters. The van der Waals surface area contributed by atoms with Gasteiger partial charge in [-0.2, -0.15) is 0 Å². The predicted octanol–water partition coefficient (Wildman–Crippen LogP) is 4.36. The number of carbonyl (C=O) groups is 2. The minimum absolute atomic E-state index is 0.00461. The molecule has 1 heterocycles. The number of benzene rings is 1. The molecule has 1 aromatic rings. The molecule has 1 aliphatic heterocycles. The Labute approximate surface area is 205 Å². The highest BCUT2D eigenvalue weighted by Gasteiger charge is 2.55. The molecule has 0 aliphatic carbocycles. The van der Waals surface area contributed by atoms with Crippen LogP contribution in [0.4, 0.5) is 4.79 Å². The quantitative estimate of drug-likeness (QED) is 0.424. The summed E-state index contributed by atoms with van der Waals surface area (Å²) in [6.07, 6.45) is 4.31. The Hall–Kier alpha value is -2.38. The lowest BCUT2D eigenvalue weighted by molar-refractivity contribution is -0.157. The lowest BCUT2D eigenvalue weighted by atomic mass is 9.84. The van der Waals surface area contributed by atoms with Crippen molar-refractivity contribution in [3.8, 4) is 0 Å². The van der Waals surface area contributed by atoms with Gasteiger partial charge >= 0.3 is 12.1 Å². The first-order valence-corrected chi connectivity index (χ1v) is 12.2. The molecule has 4 atom stereocenters. The van der Waals surface area contributed by atoms with E-state index in [0.29, 0.717) is 25.8 Å². The van der Waals surface area contributed by atoms with E-state index in [9.17, 15) is 9.59 Å². The fraction of sp³-hybridized carbons (Fsp3) is 0.630. The van der Waals surface area contributed by atoms with Gasteiger partial charge in [-0.1, -0.05) is 70.2 Å². The van der Waals surface area contributed by atoms with E-state index < -0.39 is 23.7 Å². The minimum atomic E-state index is -1.15. The van der Waals surface area contributed by atoms with Gasteiger partial charge in [0.15, 0.2) is 0 Å². The summed E-state index contributed by atoms with van der Waals surface area (Å²) >= 11 is 0. The number of carbonyl (C=O) groups excluding carboxylic acids is 2. The molecular formula is C27H43N3O4. The van der Waals surface area contributed by atoms with Crippen LogP contribution in [0.2, 0.25) is 0 Å². The maximum absolute atomic E-state index is 13.7. The number of likely N-dealkylation sites (N-methyl/N-ethyl adjacent to an activating group) is 1. The van der Waals surface area contributed by atoms with E-state index in [4.69, 9.17) is 15.2 Å². The maximum atomic E-state index is 13.7. The van der Waals surface area contributed by atoms with Gasteiger partial charge in [-0.3, -0.25) is 4.90 Å². The zero-order chi connectivity index (χ0) is 25.5. The molecule has 0 spiro atoms. The van der Waals surface area contributed by atoms with E-state index in [0.717, 1.165) is 5.56 Å². The molecule has 7 nitrogen and oxygen atoms in total. The molecule has 1 amide bonds. The van der Waals surface area contributed by atoms with Crippen molar-refractivity contribution in [3.63, 3.8) is 0 Å². The molecule has 1 fully saturated rings. The van der Waals surface area contributed by atoms with Crippen LogP contribution in [0.5, 0.6) is 0 Å². The SMILES string of the molecule is CC=CCC1(C(=O)OCc2ccccc2)C[C@@H](N(C)C)CN1C(=O)OC(C(N)CC)C(C)(C)C. The molecule has 1 saturated heterocycles. The minimum Gasteiger partial charge on any atom is -0.459 e. The van der Waals surface area contributed by atoms with Crippen molar-refractivity contribution >= 4 is 12.1 Å². The van der Waals surface area contributed by atoms with Crippen molar-refractivity contribution in [1.82, 2.24) is 9.80 Å². The molecule has 0 saturated carbocycles. The summed E-state index contributed by atoms with van der Waals surface area (Å²) in [5.41, 5.74) is 5.75. The molecule has 7 heteroatoms. The molecule has 1 aliphatic rings. The first kappa shape index (κ1) is 27.9. The highest BCUT2D eigenvalue weighted by atomic mass is 16.6. The van der Waals surface area contributed by atoms with Crippen molar-refractivity contribution in [3.05, 3.63) is 48.0 Å². The van der Waals surface area contributed by atoms with Gasteiger partial charge in [0.1, 0.15) is 18.2 Å². The van der Waals surface area contributed by atoms with Crippen molar-refractivity contribution in [2.75, 3.05) is 20.6 Å². The average Bonchev–Trinajstić information content (AvgIpc) is 3.20. The third kappa shape index (κ3) is 6.60. The van der Waals surface area contributed by atoms with E-state index in [2.05, 4.69) is 0 Å². The summed E-state index contributed by atoms with van der Waals surface area (Å²) in [6.45, 7) is 10.4. The van der Waals surface area contributed by atoms with Crippen molar-refractivity contribution in [2.45, 2.75) is 84.2 Å². The summed E-state index contributed by atoms with van der Waals surface area (Å²) in [5, 5.41) is 0. The standard InChI is InChI=1S/C27H43N3O4/c1-8-10-16-27(24(31)33-19-20-14-12-11-13-15-20)17-21(29(6)7)18-30(27)25(32)34-23(22(28)9-2)26(3,4)5/h8,10-15,21-23H,9,16-19,28H2,1-7H3/t21-,22?,23?,27?/m1/s1. The normalized spacial score (nSPS) is 22.7. The smallest absolute Gasteiger partial charge is 0.411 e. The van der Waals surface area contributed by atoms with Crippen molar-refractivity contribution < 1.29 is 19.1 Å². The van der Waals surface area contributed by atoms with Crippen LogP contribution in [-0.4, -0.2) is 66.2 Å². The van der Waals surface area contributed by atoms with E-state index in [-0.39, 0.29) is 24.1 Å². The van der Waals surface area contributed by atoms with Gasteiger partial charge in [-0.15, -0.1) is 0 Å². The Morgan fingerprint density at radius 3 is 2.44 bits per heavy atom. The summed E-state index contributed by atoms with van der Waals surface area (Å²) in [5.74, 6) is -0.414. The Morgan fingerprint density at radius 1 is 1.26 bits per heavy atom. The van der Waals surface area contributed by atoms with Crippen LogP contribution in [-0.2, 0) is 20.9 Å². The summed E-state index contributed by atoms with van der Waals surface area (Å²) in [6, 6.07) is 9.25. The summed E-state index contributed by atoms with van der Waals surface area (Å²) in [4.78, 5) is 30.9. The largest absolute Gasteiger partial charge is 0.459 e. The third-order valence-electron chi connectivity index (χ3n) is 6.66. The van der Waals surface area contributed by atoms with Gasteiger partial charge in [0.25, 0.3) is 0 Å². The second kappa shape index (κ2) is 11.8. The number of amides is 1. The van der Waals surface area contributed by atoms with Crippen LogP contribution < -0.4 is 5.73 Å². The summed E-state index contributed by atoms with van der Waals surface area (Å²) in [7, 11) is 3.92. The van der Waals surface area contributed by atoms with Gasteiger partial charge in [-0.25, -0.2) is 9.59 Å². The van der Waals surface area contributed by atoms with Crippen LogP contribution in [0.1, 0.15) is 59.4 Å². The Morgan fingerprint density at radius 2 is 1.91 bits per heavy atom. The Balaban J connectivity index is 2.39. The number of nitrogens with two attached hydrogens (primary N) is 1. The zero-order valence-electron chi connectivity index (χ0n) is 21.9. The van der Waals surface area contributed by atoms with E-state index in [1.807, 2.05) is 96.1 Å². The number of nitrogens with zero attached hydrogens (tertiary/aromatic N) is 2. The maximum Gasteiger partial charge on any atom is 0.411 e. The van der Waals surface area contributed by atoms with E-state index in [1.165, 1.54) is 0 Å². The van der Waals surface area contributed by atoms with Crippen LogP contribution in [0.3, 0.4) is 0 Å². The van der Waals surface area contributed by atoms with Gasteiger partial charge in [-0.05, 0) is 45.8 Å². The highest BCUT2D eigenvalue weighted by Crippen LogP contribution is 2.38. The number of esters is 1. The average molecular weight is 474 g/mol. The second-order valence-electron chi connectivity index (χ2n) is 10.5. The Kier molecular flexibility index (Phi) is 9.71. The lowest BCUT2D eigenvalue weighted by Crippen LogP contribution is -2.56. The summed E-state index contributed by atoms with van der Waals surface area (Å²) < 4.78 is 11.8. The van der Waals surface area contributed by atoms with Gasteiger partial charge in [0, 0.05) is 24.0 Å². The first-order chi connectivity index (χ1) is 16.0. The van der Waals surface area contributed by atoms with Crippen LogP contribution >= 0.6 is 0 Å². The topological polar surface area (TPSA) is 85.1 Å². The van der Waals surface area contributed by atoms with Crippen molar-refractivity contribution in [1.29, 1.82) is 0 Å². The molecule has 34 heavy (non-hydrogen) atoms. The molecule has 190 valence electrons. The van der Waals surface area contributed by atoms with E-state index >= 15 is 0 Å². The lowest BCUT2D eigenvalue weighted by Gasteiger charge is -2.39. The van der Waals surface area contributed by atoms with E-state index in [1.54, 1.807) is 4.90 Å². The molecule has 0 aromatic heterocycles. The Bertz CT molecular complexity index is 834. The number of hydrogen-bond acceptors (Lipinski definition) is 6. The van der Waals surface area contributed by atoms with Crippen LogP contribution in [0.25, 0.3) is 0 Å². The molecule has 0 radical (unpaired) electrons. The number of hydrogen-bond donors (Lipinski definition) is 1. The van der Waals surface area contributed by atoms with Crippen LogP contribution in [0, 0.1) is 5.41 Å². The fourth-order valence-corrected chi connectivity index (χ4v) is 4.48. The third-order valence-corrected chi connectivity index (χ3v) is 6.66. The highest BCUT2D eigenvalue weighted by molar-refractivity contribution is 5.87. The number of allylic oxidation sites excluding steroid dienone is 1. The molecule has 2 rings (SSSR count). The molecule has 2 N–H and O–H groups in total. The van der Waals surface area contributed by atoms with Gasteiger partial charge in [0.05, 0.1) is 0 Å². The zero-order valence-corrected chi connectivity index (χ0v) is 21.9. The fourth-order valence-electron chi connectivity index (χ4n) is 4.48. The van der Waals surface area contributed by atoms with Gasteiger partial charge < -0.3 is 20.1 Å². The number of ether oxygens (including phenoxy) is 2. The number of likely N-dealkylation sites (tertiary alicyclic amines) is 1. The van der Waals surface area contributed by atoms with Gasteiger partial charge in [0.2, 0.25) is 0 Å². The van der Waals surface area contributed by atoms with Crippen LogP contribution in [0.15, 0.2) is 42.5 Å². The number of rotatable bonds is 9. The first-order valence-electron chi connectivity index (χ1n) is 12.2. The molecule has 1 aromatic carbocycles. The van der Waals surface area contributed by atoms with Crippen molar-refractivity contribution in [2.24, 2.45) is 11.1 Å².